The summed E-state index contributed by atoms with van der Waals surface area (Å²) in [6.45, 7) is 7.23. The Bertz CT molecular complexity index is 590. The van der Waals surface area contributed by atoms with Gasteiger partial charge in [-0.05, 0) is 18.2 Å². The third-order valence-electron chi connectivity index (χ3n) is 3.04. The lowest BCUT2D eigenvalue weighted by molar-refractivity contribution is -0.119. The summed E-state index contributed by atoms with van der Waals surface area (Å²) < 4.78 is 19.3. The van der Waals surface area contributed by atoms with Crippen molar-refractivity contribution in [2.24, 2.45) is 0 Å². The van der Waals surface area contributed by atoms with Gasteiger partial charge in [-0.3, -0.25) is 4.79 Å². The zero-order chi connectivity index (χ0) is 14.0. The molecule has 2 N–H and O–H groups in total. The molecule has 1 aromatic carbocycles. The zero-order valence-electron chi connectivity index (χ0n) is 10.4. The minimum Gasteiger partial charge on any atom is -0.492 e. The summed E-state index contributed by atoms with van der Waals surface area (Å²) in [6.07, 6.45) is 2.85. The maximum Gasteiger partial charge on any atom is 0.177 e. The van der Waals surface area contributed by atoms with Crippen LogP contribution in [0.5, 0.6) is 0 Å². The molecule has 2 rings (SSSR count). The molecule has 1 aliphatic rings. The van der Waals surface area contributed by atoms with Crippen molar-refractivity contribution in [1.82, 2.24) is 0 Å². The van der Waals surface area contributed by atoms with Crippen LogP contribution in [0.2, 0.25) is 0 Å². The van der Waals surface area contributed by atoms with Gasteiger partial charge in [-0.25, -0.2) is 4.39 Å². The Kier molecular flexibility index (Phi) is 3.51. The lowest BCUT2D eigenvalue weighted by atomic mass is 9.88. The van der Waals surface area contributed by atoms with E-state index >= 15 is 0 Å². The summed E-state index contributed by atoms with van der Waals surface area (Å²) in [5.74, 6) is -1.03. The molecule has 1 aromatic rings. The Morgan fingerprint density at radius 2 is 2.11 bits per heavy atom. The minimum atomic E-state index is -0.683. The van der Waals surface area contributed by atoms with Gasteiger partial charge in [-0.15, -0.1) is 0 Å². The maximum absolute atomic E-state index is 13.9. The molecule has 0 bridgehead atoms. The number of nitrogens with two attached hydrogens (primary N) is 1. The fourth-order valence-electron chi connectivity index (χ4n) is 2.06. The number of carbonyl (C=O) groups is 1. The Morgan fingerprint density at radius 3 is 2.68 bits per heavy atom. The fraction of sp³-hybridized carbons (Fsp3) is 0.133. The van der Waals surface area contributed by atoms with Gasteiger partial charge >= 0.3 is 0 Å². The van der Waals surface area contributed by atoms with Crippen LogP contribution in [0.1, 0.15) is 11.5 Å². The van der Waals surface area contributed by atoms with Gasteiger partial charge in [0.2, 0.25) is 0 Å². The zero-order valence-corrected chi connectivity index (χ0v) is 10.4. The predicted octanol–water partition coefficient (Wildman–Crippen LogP) is 2.72. The second-order valence-electron chi connectivity index (χ2n) is 4.19. The molecule has 19 heavy (non-hydrogen) atoms. The first-order valence-corrected chi connectivity index (χ1v) is 5.79. The summed E-state index contributed by atoms with van der Waals surface area (Å²) >= 11 is 0. The Hall–Kier alpha value is -2.36. The molecule has 4 heteroatoms. The maximum atomic E-state index is 13.9. The number of benzene rings is 1. The lowest BCUT2D eigenvalue weighted by Crippen LogP contribution is -2.26. The first-order valence-electron chi connectivity index (χ1n) is 5.79. The molecular formula is C15H14FNO2. The van der Waals surface area contributed by atoms with E-state index in [0.29, 0.717) is 17.0 Å². The van der Waals surface area contributed by atoms with Crippen LogP contribution in [0.3, 0.4) is 0 Å². The minimum absolute atomic E-state index is 0.0817. The molecule has 1 unspecified atom stereocenters. The summed E-state index contributed by atoms with van der Waals surface area (Å²) in [4.78, 5) is 12.3. The first-order chi connectivity index (χ1) is 9.08. The molecule has 0 aromatic heterocycles. The third kappa shape index (κ3) is 2.29. The number of rotatable bonds is 3. The largest absolute Gasteiger partial charge is 0.492 e. The number of anilines is 1. The summed E-state index contributed by atoms with van der Waals surface area (Å²) in [6, 6.07) is 4.27. The summed E-state index contributed by atoms with van der Waals surface area (Å²) in [5.41, 5.74) is 6.41. The summed E-state index contributed by atoms with van der Waals surface area (Å²) in [7, 11) is 0. The molecule has 0 saturated carbocycles. The number of hydrogen-bond donors (Lipinski definition) is 1. The van der Waals surface area contributed by atoms with Gasteiger partial charge in [0.05, 0.1) is 11.5 Å². The smallest absolute Gasteiger partial charge is 0.177 e. The number of Topliss-reactive ketones (excluding diaryl/α,β-unsaturated/α-hetero) is 1. The number of allylic oxidation sites excluding steroid dienone is 3. The van der Waals surface area contributed by atoms with Gasteiger partial charge in [-0.2, -0.15) is 0 Å². The predicted molar refractivity (Wildman–Crippen MR) is 71.9 cm³/mol. The third-order valence-corrected chi connectivity index (χ3v) is 3.04. The molecular weight excluding hydrogens is 245 g/mol. The SMILES string of the molecule is C=CC1=C(C=C)C(=O)C(c2ccc(N)cc2F)CO1. The van der Waals surface area contributed by atoms with Gasteiger partial charge in [0.1, 0.15) is 18.2 Å². The number of ether oxygens (including phenoxy) is 1. The van der Waals surface area contributed by atoms with Crippen molar-refractivity contribution in [2.45, 2.75) is 5.92 Å². The van der Waals surface area contributed by atoms with Crippen LogP contribution in [0, 0.1) is 5.82 Å². The molecule has 0 saturated heterocycles. The molecule has 1 aliphatic heterocycles. The second kappa shape index (κ2) is 5.10. The van der Waals surface area contributed by atoms with Gasteiger partial charge in [0.15, 0.2) is 5.78 Å². The lowest BCUT2D eigenvalue weighted by Gasteiger charge is -2.24. The van der Waals surface area contributed by atoms with Crippen molar-refractivity contribution in [3.63, 3.8) is 0 Å². The highest BCUT2D eigenvalue weighted by atomic mass is 19.1. The van der Waals surface area contributed by atoms with Crippen molar-refractivity contribution in [3.8, 4) is 0 Å². The normalized spacial score (nSPS) is 19.0. The average Bonchev–Trinajstić information content (AvgIpc) is 2.39. The van der Waals surface area contributed by atoms with Crippen molar-refractivity contribution < 1.29 is 13.9 Å². The van der Waals surface area contributed by atoms with E-state index in [0.717, 1.165) is 0 Å². The number of halogens is 1. The molecule has 0 spiro atoms. The van der Waals surface area contributed by atoms with Gasteiger partial charge in [0.25, 0.3) is 0 Å². The van der Waals surface area contributed by atoms with E-state index in [2.05, 4.69) is 13.2 Å². The van der Waals surface area contributed by atoms with Crippen LogP contribution >= 0.6 is 0 Å². The van der Waals surface area contributed by atoms with Crippen molar-refractivity contribution >= 4 is 11.5 Å². The number of carbonyl (C=O) groups excluding carboxylic acids is 1. The van der Waals surface area contributed by atoms with Gasteiger partial charge in [-0.1, -0.05) is 25.3 Å². The molecule has 0 amide bonds. The number of hydrogen-bond acceptors (Lipinski definition) is 3. The van der Waals surface area contributed by atoms with E-state index in [1.54, 1.807) is 6.07 Å². The fourth-order valence-corrected chi connectivity index (χ4v) is 2.06. The molecule has 1 heterocycles. The topological polar surface area (TPSA) is 52.3 Å². The van der Waals surface area contributed by atoms with Crippen LogP contribution in [0.25, 0.3) is 0 Å². The monoisotopic (exact) mass is 259 g/mol. The molecule has 98 valence electrons. The standard InChI is InChI=1S/C15H14FNO2/c1-3-10-14(4-2)19-8-12(15(10)18)11-6-5-9(17)7-13(11)16/h3-7,12H,1-2,8,17H2. The number of ketones is 1. The molecule has 0 fully saturated rings. The van der Waals surface area contributed by atoms with E-state index in [4.69, 9.17) is 10.5 Å². The second-order valence-corrected chi connectivity index (χ2v) is 4.19. The first kappa shape index (κ1) is 13.1. The highest BCUT2D eigenvalue weighted by Gasteiger charge is 2.31. The van der Waals surface area contributed by atoms with Crippen molar-refractivity contribution in [2.75, 3.05) is 12.3 Å². The molecule has 1 atom stereocenters. The van der Waals surface area contributed by atoms with Crippen LogP contribution in [-0.4, -0.2) is 12.4 Å². The average molecular weight is 259 g/mol. The van der Waals surface area contributed by atoms with Gasteiger partial charge < -0.3 is 10.5 Å². The van der Waals surface area contributed by atoms with Crippen LogP contribution in [-0.2, 0) is 9.53 Å². The molecule has 0 radical (unpaired) electrons. The van der Waals surface area contributed by atoms with Crippen molar-refractivity contribution in [3.05, 3.63) is 66.2 Å². The summed E-state index contributed by atoms with van der Waals surface area (Å²) in [5, 5.41) is 0. The van der Waals surface area contributed by atoms with Crippen molar-refractivity contribution in [1.29, 1.82) is 0 Å². The highest BCUT2D eigenvalue weighted by molar-refractivity contribution is 6.04. The van der Waals surface area contributed by atoms with E-state index in [-0.39, 0.29) is 18.0 Å². The van der Waals surface area contributed by atoms with E-state index < -0.39 is 11.7 Å². The number of nitrogen functional groups attached to an aromatic ring is 1. The molecule has 3 nitrogen and oxygen atoms in total. The highest BCUT2D eigenvalue weighted by Crippen LogP contribution is 2.31. The molecule has 0 aliphatic carbocycles. The van der Waals surface area contributed by atoms with Crippen LogP contribution < -0.4 is 5.73 Å². The van der Waals surface area contributed by atoms with E-state index in [1.165, 1.54) is 24.3 Å². The van der Waals surface area contributed by atoms with Crippen LogP contribution in [0.15, 0.2) is 54.8 Å². The Balaban J connectivity index is 2.43. The van der Waals surface area contributed by atoms with Gasteiger partial charge in [0, 0.05) is 11.3 Å². The Morgan fingerprint density at radius 1 is 1.37 bits per heavy atom. The van der Waals surface area contributed by atoms with E-state index in [1.807, 2.05) is 0 Å². The Labute approximate surface area is 110 Å². The quantitative estimate of drug-likeness (QED) is 0.849. The van der Waals surface area contributed by atoms with Crippen LogP contribution in [0.4, 0.5) is 10.1 Å². The van der Waals surface area contributed by atoms with E-state index in [9.17, 15) is 9.18 Å².